The molecule has 9 heteroatoms. The van der Waals surface area contributed by atoms with Crippen LogP contribution in [0.4, 0.5) is 4.39 Å². The number of aryl methyl sites for hydroxylation is 1. The predicted octanol–water partition coefficient (Wildman–Crippen LogP) is 2.96. The molecule has 0 aliphatic rings. The van der Waals surface area contributed by atoms with Crippen molar-refractivity contribution in [1.82, 2.24) is 15.0 Å². The van der Waals surface area contributed by atoms with E-state index in [0.29, 0.717) is 10.2 Å². The summed E-state index contributed by atoms with van der Waals surface area (Å²) in [6.45, 7) is 1.75. The number of thiophene rings is 1. The molecule has 0 radical (unpaired) electrons. The third kappa shape index (κ3) is 3.81. The normalized spacial score (nSPS) is 11.3. The van der Waals surface area contributed by atoms with E-state index in [4.69, 9.17) is 11.6 Å². The minimum Gasteiger partial charge on any atom is -0.289 e. The molecule has 0 fully saturated rings. The topological polar surface area (TPSA) is 76.3 Å². The summed E-state index contributed by atoms with van der Waals surface area (Å²) in [7, 11) is 0. The summed E-state index contributed by atoms with van der Waals surface area (Å²) < 4.78 is 14.8. The van der Waals surface area contributed by atoms with Crippen LogP contribution < -0.4 is 11.0 Å². The van der Waals surface area contributed by atoms with Gasteiger partial charge in [0.05, 0.1) is 23.0 Å². The molecule has 6 nitrogen and oxygen atoms in total. The number of rotatable bonds is 5. The fraction of sp³-hybridized carbons (Fsp3) is 0.176. The fourth-order valence-corrected chi connectivity index (χ4v) is 3.43. The molecule has 1 amide bonds. The van der Waals surface area contributed by atoms with E-state index in [0.717, 1.165) is 17.5 Å². The van der Waals surface area contributed by atoms with Gasteiger partial charge in [-0.25, -0.2) is 14.8 Å². The van der Waals surface area contributed by atoms with Crippen molar-refractivity contribution in [2.24, 2.45) is 5.10 Å². The zero-order chi connectivity index (χ0) is 18.7. The van der Waals surface area contributed by atoms with Crippen molar-refractivity contribution >= 4 is 45.3 Å². The van der Waals surface area contributed by atoms with Crippen LogP contribution in [0.5, 0.6) is 0 Å². The highest BCUT2D eigenvalue weighted by Gasteiger charge is 2.11. The van der Waals surface area contributed by atoms with Crippen molar-refractivity contribution < 1.29 is 9.18 Å². The molecule has 0 aliphatic heterocycles. The second-order valence-corrected chi connectivity index (χ2v) is 6.91. The average molecular weight is 393 g/mol. The van der Waals surface area contributed by atoms with Crippen LogP contribution in [0.15, 0.2) is 40.5 Å². The fourth-order valence-electron chi connectivity index (χ4n) is 2.29. The van der Waals surface area contributed by atoms with E-state index in [2.05, 4.69) is 15.5 Å². The van der Waals surface area contributed by atoms with Crippen LogP contribution in [0.3, 0.4) is 0 Å². The summed E-state index contributed by atoms with van der Waals surface area (Å²) in [5.74, 6) is -1.09. The summed E-state index contributed by atoms with van der Waals surface area (Å²) in [6.07, 6.45) is 3.26. The van der Waals surface area contributed by atoms with E-state index in [1.165, 1.54) is 40.4 Å². The van der Waals surface area contributed by atoms with Gasteiger partial charge in [-0.3, -0.25) is 14.2 Å². The first-order valence-corrected chi connectivity index (χ1v) is 8.92. The van der Waals surface area contributed by atoms with Crippen molar-refractivity contribution in [3.05, 3.63) is 62.2 Å². The molecule has 0 unspecified atom stereocenters. The molecule has 26 heavy (non-hydrogen) atoms. The van der Waals surface area contributed by atoms with Crippen LogP contribution >= 0.6 is 22.9 Å². The number of fused-ring (bicyclic) bond motifs is 1. The van der Waals surface area contributed by atoms with Crippen molar-refractivity contribution in [3.63, 3.8) is 0 Å². The molecule has 2 aromatic heterocycles. The predicted molar refractivity (Wildman–Crippen MR) is 100 cm³/mol. The van der Waals surface area contributed by atoms with Gasteiger partial charge in [0.15, 0.2) is 0 Å². The van der Waals surface area contributed by atoms with E-state index in [1.54, 1.807) is 6.07 Å². The Hall–Kier alpha value is -2.58. The number of benzene rings is 1. The summed E-state index contributed by atoms with van der Waals surface area (Å²) in [5.41, 5.74) is 2.03. The van der Waals surface area contributed by atoms with Crippen molar-refractivity contribution in [1.29, 1.82) is 0 Å². The SMILES string of the molecule is CCc1cc2c(=O)n(CC(=O)N/N=C/c3c(F)cccc3Cl)cnc2s1. The first kappa shape index (κ1) is 18.2. The van der Waals surface area contributed by atoms with Gasteiger partial charge in [0.2, 0.25) is 0 Å². The Kier molecular flexibility index (Phi) is 5.43. The number of hydrogen-bond acceptors (Lipinski definition) is 5. The van der Waals surface area contributed by atoms with Gasteiger partial charge in [-0.2, -0.15) is 5.10 Å². The molecule has 0 atom stereocenters. The zero-order valence-corrected chi connectivity index (χ0v) is 15.3. The molecule has 2 heterocycles. The van der Waals surface area contributed by atoms with Gasteiger partial charge in [-0.1, -0.05) is 24.6 Å². The number of carbonyl (C=O) groups is 1. The maximum Gasteiger partial charge on any atom is 0.262 e. The molecule has 1 N–H and O–H groups in total. The van der Waals surface area contributed by atoms with Crippen LogP contribution in [0.1, 0.15) is 17.4 Å². The number of halogens is 2. The third-order valence-electron chi connectivity index (χ3n) is 3.61. The molecule has 0 spiro atoms. The number of nitrogens with zero attached hydrogens (tertiary/aromatic N) is 3. The summed E-state index contributed by atoms with van der Waals surface area (Å²) in [6, 6.07) is 6.01. The van der Waals surface area contributed by atoms with Crippen LogP contribution in [0, 0.1) is 5.82 Å². The van der Waals surface area contributed by atoms with Gasteiger partial charge >= 0.3 is 0 Å². The number of carbonyl (C=O) groups excluding carboxylic acids is 1. The highest BCUT2D eigenvalue weighted by Crippen LogP contribution is 2.21. The maximum atomic E-state index is 13.6. The quantitative estimate of drug-likeness (QED) is 0.535. The standard InChI is InChI=1S/C17H14ClFN4O2S/c1-2-10-6-11-16(26-10)20-9-23(17(11)25)8-15(24)22-21-7-12-13(18)4-3-5-14(12)19/h3-7,9H,2,8H2,1H3,(H,22,24)/b21-7+. The smallest absolute Gasteiger partial charge is 0.262 e. The Bertz CT molecular complexity index is 1040. The van der Waals surface area contributed by atoms with Crippen LogP contribution in [0.25, 0.3) is 10.2 Å². The lowest BCUT2D eigenvalue weighted by molar-refractivity contribution is -0.121. The minimum atomic E-state index is -0.550. The van der Waals surface area contributed by atoms with E-state index in [9.17, 15) is 14.0 Å². The summed E-state index contributed by atoms with van der Waals surface area (Å²) in [5, 5.41) is 4.35. The van der Waals surface area contributed by atoms with Crippen molar-refractivity contribution in [2.45, 2.75) is 19.9 Å². The largest absolute Gasteiger partial charge is 0.289 e. The Morgan fingerprint density at radius 1 is 1.50 bits per heavy atom. The first-order valence-electron chi connectivity index (χ1n) is 7.73. The van der Waals surface area contributed by atoms with E-state index < -0.39 is 11.7 Å². The highest BCUT2D eigenvalue weighted by molar-refractivity contribution is 7.18. The van der Waals surface area contributed by atoms with Gasteiger partial charge in [-0.05, 0) is 24.6 Å². The van der Waals surface area contributed by atoms with Gasteiger partial charge in [0, 0.05) is 10.4 Å². The van der Waals surface area contributed by atoms with Crippen LogP contribution in [-0.4, -0.2) is 21.7 Å². The lowest BCUT2D eigenvalue weighted by atomic mass is 10.2. The summed E-state index contributed by atoms with van der Waals surface area (Å²) >= 11 is 7.32. The van der Waals surface area contributed by atoms with Gasteiger partial charge in [-0.15, -0.1) is 11.3 Å². The number of hydrazone groups is 1. The average Bonchev–Trinajstić information content (AvgIpc) is 3.04. The van der Waals surface area contributed by atoms with Gasteiger partial charge < -0.3 is 0 Å². The molecule has 0 bridgehead atoms. The minimum absolute atomic E-state index is 0.0695. The van der Waals surface area contributed by atoms with Crippen molar-refractivity contribution in [3.8, 4) is 0 Å². The molecule has 0 saturated heterocycles. The van der Waals surface area contributed by atoms with E-state index in [-0.39, 0.29) is 22.7 Å². The molecule has 3 rings (SSSR count). The second kappa shape index (κ2) is 7.76. The molecular formula is C17H14ClFN4O2S. The third-order valence-corrected chi connectivity index (χ3v) is 5.13. The molecule has 1 aromatic carbocycles. The Morgan fingerprint density at radius 3 is 3.04 bits per heavy atom. The van der Waals surface area contributed by atoms with E-state index in [1.807, 2.05) is 6.92 Å². The Morgan fingerprint density at radius 2 is 2.31 bits per heavy atom. The number of amides is 1. The number of nitrogens with one attached hydrogen (secondary N) is 1. The summed E-state index contributed by atoms with van der Waals surface area (Å²) in [4.78, 5) is 30.3. The monoisotopic (exact) mass is 392 g/mol. The lowest BCUT2D eigenvalue weighted by Crippen LogP contribution is -2.29. The second-order valence-electron chi connectivity index (χ2n) is 5.39. The van der Waals surface area contributed by atoms with Gasteiger partial charge in [0.1, 0.15) is 17.2 Å². The van der Waals surface area contributed by atoms with Crippen molar-refractivity contribution in [2.75, 3.05) is 0 Å². The highest BCUT2D eigenvalue weighted by atomic mass is 35.5. The van der Waals surface area contributed by atoms with Crippen LogP contribution in [0.2, 0.25) is 5.02 Å². The van der Waals surface area contributed by atoms with Crippen LogP contribution in [-0.2, 0) is 17.8 Å². The molecule has 3 aromatic rings. The maximum absolute atomic E-state index is 13.6. The molecule has 0 saturated carbocycles. The molecular weight excluding hydrogens is 379 g/mol. The Labute approximate surface area is 156 Å². The first-order chi connectivity index (χ1) is 12.5. The Balaban J connectivity index is 1.72. The molecule has 134 valence electrons. The van der Waals surface area contributed by atoms with Gasteiger partial charge in [0.25, 0.3) is 11.5 Å². The lowest BCUT2D eigenvalue weighted by Gasteiger charge is -2.04. The van der Waals surface area contributed by atoms with E-state index >= 15 is 0 Å². The number of hydrogen-bond donors (Lipinski definition) is 1. The molecule has 0 aliphatic carbocycles. The zero-order valence-electron chi connectivity index (χ0n) is 13.7. The number of aromatic nitrogens is 2.